The first-order valence-corrected chi connectivity index (χ1v) is 6.55. The molecule has 0 aromatic heterocycles. The van der Waals surface area contributed by atoms with Crippen LogP contribution in [-0.4, -0.2) is 21.0 Å². The van der Waals surface area contributed by atoms with E-state index in [1.54, 1.807) is 0 Å². The van der Waals surface area contributed by atoms with Gasteiger partial charge in [0.25, 0.3) is 0 Å². The molecule has 0 spiro atoms. The molecule has 1 aromatic carbocycles. The molecule has 0 saturated carbocycles. The average molecular weight is 282 g/mol. The number of nitrogens with one attached hydrogen (secondary N) is 1. The molecule has 0 aliphatic carbocycles. The van der Waals surface area contributed by atoms with Crippen molar-refractivity contribution in [2.24, 2.45) is 5.73 Å². The van der Waals surface area contributed by atoms with Crippen molar-refractivity contribution < 1.29 is 21.6 Å². The van der Waals surface area contributed by atoms with Gasteiger partial charge < -0.3 is 5.73 Å². The first-order valence-electron chi connectivity index (χ1n) is 5.06. The minimum Gasteiger partial charge on any atom is -0.329 e. The molecule has 8 heteroatoms. The molecule has 0 fully saturated rings. The molecule has 3 N–H and O–H groups in total. The largest absolute Gasteiger partial charge is 0.416 e. The Kier molecular flexibility index (Phi) is 4.36. The number of alkyl halides is 3. The average Bonchev–Trinajstić information content (AvgIpc) is 2.27. The van der Waals surface area contributed by atoms with Crippen molar-refractivity contribution in [1.29, 1.82) is 0 Å². The van der Waals surface area contributed by atoms with Crippen molar-refractivity contribution in [3.8, 4) is 0 Å². The highest BCUT2D eigenvalue weighted by atomic mass is 32.2. The van der Waals surface area contributed by atoms with Gasteiger partial charge in [0.15, 0.2) is 0 Å². The van der Waals surface area contributed by atoms with Crippen LogP contribution < -0.4 is 10.5 Å². The van der Waals surface area contributed by atoms with Crippen LogP contribution in [0, 0.1) is 0 Å². The minimum atomic E-state index is -4.58. The smallest absolute Gasteiger partial charge is 0.329 e. The lowest BCUT2D eigenvalue weighted by atomic mass is 10.2. The fraction of sp³-hybridized carbons (Fsp3) is 0.400. The van der Waals surface area contributed by atoms with Gasteiger partial charge in [0.2, 0.25) is 10.0 Å². The van der Waals surface area contributed by atoms with Crippen LogP contribution in [0.2, 0.25) is 0 Å². The summed E-state index contributed by atoms with van der Waals surface area (Å²) in [4.78, 5) is -0.433. The van der Waals surface area contributed by atoms with Crippen molar-refractivity contribution in [2.45, 2.75) is 24.0 Å². The molecule has 1 rings (SSSR count). The summed E-state index contributed by atoms with van der Waals surface area (Å²) in [6, 6.07) is 2.99. The second-order valence-electron chi connectivity index (χ2n) is 3.78. The quantitative estimate of drug-likeness (QED) is 0.875. The zero-order valence-electron chi connectivity index (χ0n) is 9.53. The Morgan fingerprint density at radius 1 is 1.39 bits per heavy atom. The van der Waals surface area contributed by atoms with Gasteiger partial charge in [0, 0.05) is 12.6 Å². The van der Waals surface area contributed by atoms with Gasteiger partial charge in [0.1, 0.15) is 0 Å². The second kappa shape index (κ2) is 5.25. The molecule has 0 saturated heterocycles. The van der Waals surface area contributed by atoms with E-state index in [0.717, 1.165) is 18.2 Å². The Morgan fingerprint density at radius 3 is 2.50 bits per heavy atom. The molecule has 0 heterocycles. The number of rotatable bonds is 4. The van der Waals surface area contributed by atoms with Crippen molar-refractivity contribution in [2.75, 3.05) is 6.54 Å². The van der Waals surface area contributed by atoms with E-state index in [9.17, 15) is 21.6 Å². The Bertz CT molecular complexity index is 514. The van der Waals surface area contributed by atoms with E-state index in [1.165, 1.54) is 6.92 Å². The van der Waals surface area contributed by atoms with Gasteiger partial charge in [-0.1, -0.05) is 6.07 Å². The first-order chi connectivity index (χ1) is 8.16. The molecule has 102 valence electrons. The fourth-order valence-electron chi connectivity index (χ4n) is 1.22. The summed E-state index contributed by atoms with van der Waals surface area (Å²) in [5, 5.41) is 0. The summed E-state index contributed by atoms with van der Waals surface area (Å²) in [7, 11) is -3.98. The molecule has 0 unspecified atom stereocenters. The predicted octanol–water partition coefficient (Wildman–Crippen LogP) is 1.33. The fourth-order valence-corrected chi connectivity index (χ4v) is 2.52. The van der Waals surface area contributed by atoms with Crippen LogP contribution >= 0.6 is 0 Å². The maximum Gasteiger partial charge on any atom is 0.416 e. The van der Waals surface area contributed by atoms with Gasteiger partial charge in [-0.05, 0) is 25.1 Å². The van der Waals surface area contributed by atoms with E-state index < -0.39 is 32.7 Å². The van der Waals surface area contributed by atoms with Gasteiger partial charge in [-0.15, -0.1) is 0 Å². The van der Waals surface area contributed by atoms with E-state index in [4.69, 9.17) is 5.73 Å². The summed E-state index contributed by atoms with van der Waals surface area (Å²) in [6.45, 7) is 1.57. The maximum atomic E-state index is 12.4. The van der Waals surface area contributed by atoms with Crippen LogP contribution in [0.15, 0.2) is 29.2 Å². The van der Waals surface area contributed by atoms with Gasteiger partial charge in [-0.25, -0.2) is 13.1 Å². The summed E-state index contributed by atoms with van der Waals surface area (Å²) < 4.78 is 63.0. The predicted molar refractivity (Wildman–Crippen MR) is 60.3 cm³/mol. The zero-order chi connectivity index (χ0) is 14.0. The molecule has 18 heavy (non-hydrogen) atoms. The highest BCUT2D eigenvalue weighted by molar-refractivity contribution is 7.89. The van der Waals surface area contributed by atoms with Gasteiger partial charge in [-0.2, -0.15) is 13.2 Å². The first kappa shape index (κ1) is 14.9. The van der Waals surface area contributed by atoms with Crippen LogP contribution in [0.4, 0.5) is 13.2 Å². The Hall–Kier alpha value is -1.12. The third-order valence-electron chi connectivity index (χ3n) is 2.18. The lowest BCUT2D eigenvalue weighted by Crippen LogP contribution is -2.37. The molecule has 0 radical (unpaired) electrons. The Balaban J connectivity index is 3.11. The number of halogens is 3. The van der Waals surface area contributed by atoms with Crippen LogP contribution in [0.1, 0.15) is 12.5 Å². The normalized spacial score (nSPS) is 14.5. The minimum absolute atomic E-state index is 0.0538. The van der Waals surface area contributed by atoms with Crippen molar-refractivity contribution in [3.05, 3.63) is 29.8 Å². The molecule has 4 nitrogen and oxygen atoms in total. The standard InChI is InChI=1S/C10H13F3N2O2S/c1-7(6-14)15-18(16,17)9-4-2-3-8(5-9)10(11,12)13/h2-5,7,15H,6,14H2,1H3/t7-/m1/s1. The second-order valence-corrected chi connectivity index (χ2v) is 5.50. The maximum absolute atomic E-state index is 12.4. The molecule has 0 aliphatic rings. The van der Waals surface area contributed by atoms with E-state index in [-0.39, 0.29) is 6.54 Å². The molecule has 0 amide bonds. The third-order valence-corrected chi connectivity index (χ3v) is 3.77. The number of nitrogens with two attached hydrogens (primary N) is 1. The third kappa shape index (κ3) is 3.69. The van der Waals surface area contributed by atoms with Crippen molar-refractivity contribution in [3.63, 3.8) is 0 Å². The summed E-state index contributed by atoms with van der Waals surface area (Å²) in [5.74, 6) is 0. The Labute approximate surface area is 103 Å². The van der Waals surface area contributed by atoms with Crippen LogP contribution in [0.5, 0.6) is 0 Å². The number of hydrogen-bond donors (Lipinski definition) is 2. The van der Waals surface area contributed by atoms with E-state index in [1.807, 2.05) is 0 Å². The van der Waals surface area contributed by atoms with Crippen LogP contribution in [0.25, 0.3) is 0 Å². The van der Waals surface area contributed by atoms with Gasteiger partial charge in [0.05, 0.1) is 10.5 Å². The lowest BCUT2D eigenvalue weighted by Gasteiger charge is -2.13. The highest BCUT2D eigenvalue weighted by Crippen LogP contribution is 2.30. The topological polar surface area (TPSA) is 72.2 Å². The van der Waals surface area contributed by atoms with Gasteiger partial charge >= 0.3 is 6.18 Å². The molecular weight excluding hydrogens is 269 g/mol. The van der Waals surface area contributed by atoms with Crippen molar-refractivity contribution in [1.82, 2.24) is 4.72 Å². The van der Waals surface area contributed by atoms with E-state index in [2.05, 4.69) is 4.72 Å². The van der Waals surface area contributed by atoms with Crippen LogP contribution in [0.3, 0.4) is 0 Å². The number of hydrogen-bond acceptors (Lipinski definition) is 3. The molecular formula is C10H13F3N2O2S. The molecule has 0 bridgehead atoms. The summed E-state index contributed by atoms with van der Waals surface area (Å²) in [6.07, 6.45) is -4.58. The monoisotopic (exact) mass is 282 g/mol. The lowest BCUT2D eigenvalue weighted by molar-refractivity contribution is -0.137. The highest BCUT2D eigenvalue weighted by Gasteiger charge is 2.31. The summed E-state index contributed by atoms with van der Waals surface area (Å²) in [5.41, 5.74) is 4.24. The number of sulfonamides is 1. The van der Waals surface area contributed by atoms with Crippen LogP contribution in [-0.2, 0) is 16.2 Å². The molecule has 1 atom stereocenters. The SMILES string of the molecule is C[C@H](CN)NS(=O)(=O)c1cccc(C(F)(F)F)c1. The van der Waals surface area contributed by atoms with E-state index >= 15 is 0 Å². The van der Waals surface area contributed by atoms with E-state index in [0.29, 0.717) is 6.07 Å². The van der Waals surface area contributed by atoms with Crippen molar-refractivity contribution >= 4 is 10.0 Å². The zero-order valence-corrected chi connectivity index (χ0v) is 10.3. The summed E-state index contributed by atoms with van der Waals surface area (Å²) >= 11 is 0. The van der Waals surface area contributed by atoms with Gasteiger partial charge in [-0.3, -0.25) is 0 Å². The Morgan fingerprint density at radius 2 is 2.00 bits per heavy atom. The molecule has 0 aliphatic heterocycles. The molecule has 1 aromatic rings. The number of benzene rings is 1.